The molecule has 9 heteroatoms. The van der Waals surface area contributed by atoms with E-state index in [2.05, 4.69) is 10.0 Å². The summed E-state index contributed by atoms with van der Waals surface area (Å²) in [6.45, 7) is 5.16. The van der Waals surface area contributed by atoms with Gasteiger partial charge < -0.3 is 14.8 Å². The summed E-state index contributed by atoms with van der Waals surface area (Å²) in [5, 5.41) is 2.82. The highest BCUT2D eigenvalue weighted by molar-refractivity contribution is 7.89. The van der Waals surface area contributed by atoms with Crippen molar-refractivity contribution in [3.63, 3.8) is 0 Å². The van der Waals surface area contributed by atoms with E-state index < -0.39 is 16.1 Å². The van der Waals surface area contributed by atoms with Crippen molar-refractivity contribution in [2.75, 3.05) is 26.4 Å². The zero-order valence-electron chi connectivity index (χ0n) is 17.1. The van der Waals surface area contributed by atoms with Crippen LogP contribution >= 0.6 is 11.6 Å². The second kappa shape index (κ2) is 11.9. The topological polar surface area (TPSA) is 93.7 Å². The minimum atomic E-state index is -3.78. The van der Waals surface area contributed by atoms with Crippen LogP contribution in [-0.4, -0.2) is 40.7 Å². The third-order valence-electron chi connectivity index (χ3n) is 4.20. The first-order chi connectivity index (χ1) is 14.3. The molecule has 164 valence electrons. The Balaban J connectivity index is 1.91. The molecule has 30 heavy (non-hydrogen) atoms. The minimum Gasteiger partial charge on any atom is -0.482 e. The van der Waals surface area contributed by atoms with E-state index in [0.29, 0.717) is 26.2 Å². The van der Waals surface area contributed by atoms with Crippen LogP contribution in [0, 0.1) is 0 Å². The number of rotatable bonds is 12. The number of amides is 1. The van der Waals surface area contributed by atoms with E-state index in [0.717, 1.165) is 5.56 Å². The van der Waals surface area contributed by atoms with Crippen molar-refractivity contribution >= 4 is 27.5 Å². The molecule has 2 rings (SSSR count). The van der Waals surface area contributed by atoms with Gasteiger partial charge in [0.05, 0.1) is 9.92 Å². The highest BCUT2D eigenvalue weighted by Gasteiger charge is 2.20. The van der Waals surface area contributed by atoms with Crippen molar-refractivity contribution in [3.8, 4) is 5.75 Å². The number of carbonyl (C=O) groups excluding carboxylic acids is 1. The fourth-order valence-corrected chi connectivity index (χ4v) is 4.17. The van der Waals surface area contributed by atoms with Crippen molar-refractivity contribution in [2.24, 2.45) is 0 Å². The lowest BCUT2D eigenvalue weighted by Crippen LogP contribution is -2.30. The third-order valence-corrected chi connectivity index (χ3v) is 6.03. The van der Waals surface area contributed by atoms with Gasteiger partial charge in [-0.3, -0.25) is 4.79 Å². The molecular weight excluding hydrogens is 428 g/mol. The van der Waals surface area contributed by atoms with Crippen molar-refractivity contribution in [1.29, 1.82) is 0 Å². The number of nitrogens with one attached hydrogen (secondary N) is 2. The van der Waals surface area contributed by atoms with E-state index in [9.17, 15) is 13.2 Å². The van der Waals surface area contributed by atoms with Crippen molar-refractivity contribution in [1.82, 2.24) is 10.0 Å². The Morgan fingerprint density at radius 1 is 1.17 bits per heavy atom. The molecule has 1 amide bonds. The Morgan fingerprint density at radius 2 is 1.90 bits per heavy atom. The molecule has 2 N–H and O–H groups in total. The molecule has 0 saturated carbocycles. The fourth-order valence-electron chi connectivity index (χ4n) is 2.62. The number of carbonyl (C=O) groups is 1. The SMILES string of the molecule is CCOCCCNC(=O)COc1ccc(S(=O)(=O)NC(C)c2ccccc2)cc1Cl. The van der Waals surface area contributed by atoms with Gasteiger partial charge >= 0.3 is 0 Å². The van der Waals surface area contributed by atoms with Gasteiger partial charge in [-0.15, -0.1) is 0 Å². The molecule has 0 fully saturated rings. The lowest BCUT2D eigenvalue weighted by atomic mass is 10.1. The summed E-state index contributed by atoms with van der Waals surface area (Å²) in [4.78, 5) is 11.8. The average Bonchev–Trinajstić information content (AvgIpc) is 2.73. The predicted molar refractivity (Wildman–Crippen MR) is 116 cm³/mol. The average molecular weight is 455 g/mol. The number of sulfonamides is 1. The molecule has 0 bridgehead atoms. The molecule has 0 saturated heterocycles. The molecule has 2 aromatic carbocycles. The summed E-state index contributed by atoms with van der Waals surface area (Å²) in [6.07, 6.45) is 0.710. The molecule has 0 spiro atoms. The molecule has 0 heterocycles. The fraction of sp³-hybridized carbons (Fsp3) is 0.381. The number of hydrogen-bond acceptors (Lipinski definition) is 5. The van der Waals surface area contributed by atoms with Crippen molar-refractivity contribution in [3.05, 3.63) is 59.1 Å². The first-order valence-corrected chi connectivity index (χ1v) is 11.5. The van der Waals surface area contributed by atoms with Crippen LogP contribution in [0.4, 0.5) is 0 Å². The Kier molecular flexibility index (Phi) is 9.58. The van der Waals surface area contributed by atoms with Gasteiger partial charge in [0.25, 0.3) is 5.91 Å². The highest BCUT2D eigenvalue weighted by Crippen LogP contribution is 2.28. The normalized spacial score (nSPS) is 12.4. The molecule has 1 unspecified atom stereocenters. The summed E-state index contributed by atoms with van der Waals surface area (Å²) in [7, 11) is -3.78. The van der Waals surface area contributed by atoms with Crippen LogP contribution in [0.5, 0.6) is 5.75 Å². The molecule has 1 atom stereocenters. The maximum atomic E-state index is 12.7. The zero-order chi connectivity index (χ0) is 22.0. The first-order valence-electron chi connectivity index (χ1n) is 9.67. The van der Waals surface area contributed by atoms with E-state index in [1.54, 1.807) is 6.92 Å². The molecule has 2 aromatic rings. The Bertz CT molecular complexity index is 922. The summed E-state index contributed by atoms with van der Waals surface area (Å²) in [5.74, 6) is -0.0613. The van der Waals surface area contributed by atoms with Crippen LogP contribution in [0.1, 0.15) is 31.9 Å². The van der Waals surface area contributed by atoms with Gasteiger partial charge in [-0.1, -0.05) is 41.9 Å². The van der Waals surface area contributed by atoms with Crippen molar-refractivity contribution < 1.29 is 22.7 Å². The highest BCUT2D eigenvalue weighted by atomic mass is 35.5. The molecule has 0 aliphatic carbocycles. The van der Waals surface area contributed by atoms with E-state index in [-0.39, 0.29) is 28.2 Å². The third kappa shape index (κ3) is 7.60. The summed E-state index contributed by atoms with van der Waals surface area (Å²) >= 11 is 6.17. The van der Waals surface area contributed by atoms with Crippen LogP contribution in [0.2, 0.25) is 5.02 Å². The summed E-state index contributed by atoms with van der Waals surface area (Å²) < 4.78 is 38.5. The molecule has 0 aliphatic heterocycles. The van der Waals surface area contributed by atoms with Gasteiger partial charge in [-0.05, 0) is 44.0 Å². The van der Waals surface area contributed by atoms with Crippen LogP contribution in [0.15, 0.2) is 53.4 Å². The van der Waals surface area contributed by atoms with E-state index in [1.165, 1.54) is 18.2 Å². The second-order valence-electron chi connectivity index (χ2n) is 6.53. The smallest absolute Gasteiger partial charge is 0.257 e. The Hall–Kier alpha value is -2.13. The Morgan fingerprint density at radius 3 is 2.57 bits per heavy atom. The van der Waals surface area contributed by atoms with E-state index in [4.69, 9.17) is 21.1 Å². The minimum absolute atomic E-state index is 0.0167. The molecule has 0 aromatic heterocycles. The van der Waals surface area contributed by atoms with Gasteiger partial charge in [0.2, 0.25) is 10.0 Å². The number of hydrogen-bond donors (Lipinski definition) is 2. The second-order valence-corrected chi connectivity index (χ2v) is 8.66. The van der Waals surface area contributed by atoms with E-state index >= 15 is 0 Å². The first kappa shape index (κ1) is 24.1. The monoisotopic (exact) mass is 454 g/mol. The number of benzene rings is 2. The molecular formula is C21H27ClN2O5S. The lowest BCUT2D eigenvalue weighted by Gasteiger charge is -2.15. The van der Waals surface area contributed by atoms with Crippen LogP contribution in [0.3, 0.4) is 0 Å². The molecule has 0 radical (unpaired) electrons. The molecule has 7 nitrogen and oxygen atoms in total. The maximum absolute atomic E-state index is 12.7. The molecule has 0 aliphatic rings. The van der Waals surface area contributed by atoms with Gasteiger partial charge in [-0.2, -0.15) is 0 Å². The van der Waals surface area contributed by atoms with Crippen molar-refractivity contribution in [2.45, 2.75) is 31.2 Å². The quantitative estimate of drug-likeness (QED) is 0.480. The largest absolute Gasteiger partial charge is 0.482 e. The van der Waals surface area contributed by atoms with Gasteiger partial charge in [0, 0.05) is 25.8 Å². The lowest BCUT2D eigenvalue weighted by molar-refractivity contribution is -0.123. The maximum Gasteiger partial charge on any atom is 0.257 e. The number of halogens is 1. The summed E-state index contributed by atoms with van der Waals surface area (Å²) in [5.41, 5.74) is 0.847. The van der Waals surface area contributed by atoms with Gasteiger partial charge in [-0.25, -0.2) is 13.1 Å². The van der Waals surface area contributed by atoms with Crippen LogP contribution < -0.4 is 14.8 Å². The van der Waals surface area contributed by atoms with E-state index in [1.807, 2.05) is 37.3 Å². The van der Waals surface area contributed by atoms with Crippen LogP contribution in [-0.2, 0) is 19.6 Å². The zero-order valence-corrected chi connectivity index (χ0v) is 18.6. The number of ether oxygens (including phenoxy) is 2. The summed E-state index contributed by atoms with van der Waals surface area (Å²) in [6, 6.07) is 13.0. The van der Waals surface area contributed by atoms with Crippen LogP contribution in [0.25, 0.3) is 0 Å². The Labute approximate surface area is 182 Å². The standard InChI is InChI=1S/C21H27ClN2O5S/c1-3-28-13-7-12-23-21(25)15-29-20-11-10-18(14-19(20)22)30(26,27)24-16(2)17-8-5-4-6-9-17/h4-6,8-11,14,16,24H,3,7,12-13,15H2,1-2H3,(H,23,25). The predicted octanol–water partition coefficient (Wildman–Crippen LogP) is 3.30. The van der Waals surface area contributed by atoms with Gasteiger partial charge in [0.15, 0.2) is 6.61 Å². The van der Waals surface area contributed by atoms with Gasteiger partial charge in [0.1, 0.15) is 5.75 Å².